The zero-order valence-corrected chi connectivity index (χ0v) is 15.7. The maximum Gasteiger partial charge on any atom is 0.142 e. The fourth-order valence-corrected chi connectivity index (χ4v) is 3.09. The number of Topliss-reactive ketones (excluding diaryl/α,β-unsaturated/α-hetero) is 2. The van der Waals surface area contributed by atoms with Gasteiger partial charge in [-0.25, -0.2) is 0 Å². The molecule has 0 N–H and O–H groups in total. The number of carbonyl (C=O) groups excluding carboxylic acids is 2. The van der Waals surface area contributed by atoms with Gasteiger partial charge in [0.05, 0.1) is 13.2 Å². The summed E-state index contributed by atoms with van der Waals surface area (Å²) in [6.07, 6.45) is 5.67. The van der Waals surface area contributed by atoms with E-state index in [1.165, 1.54) is 0 Å². The summed E-state index contributed by atoms with van der Waals surface area (Å²) in [7, 11) is 0. The van der Waals surface area contributed by atoms with Gasteiger partial charge in [-0.15, -0.1) is 0 Å². The Morgan fingerprint density at radius 2 is 1.96 bits per heavy atom. The van der Waals surface area contributed by atoms with Crippen LogP contribution in [0, 0.1) is 11.3 Å². The van der Waals surface area contributed by atoms with Crippen LogP contribution in [-0.2, 0) is 20.9 Å². The lowest BCUT2D eigenvalue weighted by molar-refractivity contribution is -0.125. The highest BCUT2D eigenvalue weighted by Gasteiger charge is 2.31. The third kappa shape index (κ3) is 6.24. The predicted molar refractivity (Wildman–Crippen MR) is 100 cm³/mol. The number of rotatable bonds is 8. The predicted octanol–water partition coefficient (Wildman–Crippen LogP) is 4.89. The molecule has 1 aromatic rings. The molecule has 1 atom stereocenters. The third-order valence-corrected chi connectivity index (χ3v) is 4.73. The highest BCUT2D eigenvalue weighted by molar-refractivity contribution is 5.90. The molecule has 1 aliphatic carbocycles. The molecule has 1 aliphatic rings. The minimum absolute atomic E-state index is 0.0552. The van der Waals surface area contributed by atoms with E-state index in [0.717, 1.165) is 30.4 Å². The number of allylic oxidation sites excluding steroid dienone is 1. The van der Waals surface area contributed by atoms with Crippen LogP contribution >= 0.6 is 0 Å². The van der Waals surface area contributed by atoms with E-state index in [1.807, 2.05) is 51.1 Å². The van der Waals surface area contributed by atoms with Gasteiger partial charge in [0.2, 0.25) is 0 Å². The first-order valence-corrected chi connectivity index (χ1v) is 9.24. The first-order valence-electron chi connectivity index (χ1n) is 9.24. The van der Waals surface area contributed by atoms with Crippen LogP contribution in [0.25, 0.3) is 0 Å². The van der Waals surface area contributed by atoms with Crippen molar-refractivity contribution < 1.29 is 14.3 Å². The van der Waals surface area contributed by atoms with Crippen LogP contribution in [0.2, 0.25) is 0 Å². The molecule has 0 aliphatic heterocycles. The Morgan fingerprint density at radius 1 is 1.24 bits per heavy atom. The Bertz CT molecular complexity index is 608. The van der Waals surface area contributed by atoms with E-state index in [2.05, 4.69) is 6.08 Å². The molecule has 2 rings (SSSR count). The van der Waals surface area contributed by atoms with Crippen LogP contribution in [0.5, 0.6) is 0 Å². The van der Waals surface area contributed by atoms with Gasteiger partial charge >= 0.3 is 0 Å². The van der Waals surface area contributed by atoms with E-state index in [-0.39, 0.29) is 22.9 Å². The van der Waals surface area contributed by atoms with E-state index in [9.17, 15) is 9.59 Å². The first kappa shape index (κ1) is 19.6. The van der Waals surface area contributed by atoms with Gasteiger partial charge in [-0.05, 0) is 24.8 Å². The van der Waals surface area contributed by atoms with E-state index in [0.29, 0.717) is 26.1 Å². The molecule has 1 unspecified atom stereocenters. The summed E-state index contributed by atoms with van der Waals surface area (Å²) in [6, 6.07) is 10.1. The molecule has 3 heteroatoms. The van der Waals surface area contributed by atoms with Gasteiger partial charge in [-0.2, -0.15) is 0 Å². The lowest BCUT2D eigenvalue weighted by Crippen LogP contribution is -2.23. The molecule has 1 fully saturated rings. The second-order valence-electron chi connectivity index (χ2n) is 7.87. The minimum atomic E-state index is -0.370. The zero-order valence-electron chi connectivity index (χ0n) is 15.7. The molecule has 0 saturated heterocycles. The summed E-state index contributed by atoms with van der Waals surface area (Å²) in [5.41, 5.74) is 1.79. The molecule has 0 amide bonds. The second kappa shape index (κ2) is 9.10. The van der Waals surface area contributed by atoms with Crippen molar-refractivity contribution in [2.45, 2.75) is 59.5 Å². The van der Waals surface area contributed by atoms with Crippen molar-refractivity contribution in [3.05, 3.63) is 47.5 Å². The quantitative estimate of drug-likeness (QED) is 0.499. The Morgan fingerprint density at radius 3 is 2.56 bits per heavy atom. The van der Waals surface area contributed by atoms with E-state index in [4.69, 9.17) is 4.74 Å². The summed E-state index contributed by atoms with van der Waals surface area (Å²) in [5.74, 6) is 0.433. The average Bonchev–Trinajstić information content (AvgIpc) is 2.99. The number of hydrogen-bond acceptors (Lipinski definition) is 3. The van der Waals surface area contributed by atoms with Gasteiger partial charge < -0.3 is 4.74 Å². The number of carbonyl (C=O) groups is 2. The number of benzene rings is 1. The Kier molecular flexibility index (Phi) is 7.12. The van der Waals surface area contributed by atoms with Crippen molar-refractivity contribution in [2.24, 2.45) is 11.3 Å². The van der Waals surface area contributed by atoms with Gasteiger partial charge in [0.25, 0.3) is 0 Å². The smallest absolute Gasteiger partial charge is 0.142 e. The topological polar surface area (TPSA) is 43.4 Å². The maximum absolute atomic E-state index is 12.4. The summed E-state index contributed by atoms with van der Waals surface area (Å²) < 4.78 is 5.72. The van der Waals surface area contributed by atoms with Crippen LogP contribution in [0.1, 0.15) is 58.4 Å². The Balaban J connectivity index is 1.91. The van der Waals surface area contributed by atoms with E-state index in [1.54, 1.807) is 0 Å². The lowest BCUT2D eigenvalue weighted by atomic mass is 9.83. The molecule has 0 spiro atoms. The standard InChI is InChI=1S/C22H30O3/c1-22(2,3)21(24)15-18(19-12-7-13-20(19)23)11-8-14-25-16-17-9-5-4-6-10-17/h4-6,9-11,19H,7-8,12-16H2,1-3H3/b18-11-. The average molecular weight is 342 g/mol. The van der Waals surface area contributed by atoms with E-state index < -0.39 is 0 Å². The van der Waals surface area contributed by atoms with Crippen molar-refractivity contribution in [3.8, 4) is 0 Å². The third-order valence-electron chi connectivity index (χ3n) is 4.73. The van der Waals surface area contributed by atoms with Crippen LogP contribution < -0.4 is 0 Å². The summed E-state index contributed by atoms with van der Waals surface area (Å²) in [6.45, 7) is 7.00. The summed E-state index contributed by atoms with van der Waals surface area (Å²) >= 11 is 0. The Labute approximate surface area is 151 Å². The Hall–Kier alpha value is -1.74. The van der Waals surface area contributed by atoms with Gasteiger partial charge in [0.1, 0.15) is 11.6 Å². The summed E-state index contributed by atoms with van der Waals surface area (Å²) in [5, 5.41) is 0. The molecule has 1 aromatic carbocycles. The van der Waals surface area contributed by atoms with Gasteiger partial charge in [-0.1, -0.05) is 62.8 Å². The van der Waals surface area contributed by atoms with Crippen LogP contribution in [0.3, 0.4) is 0 Å². The summed E-state index contributed by atoms with van der Waals surface area (Å²) in [4.78, 5) is 24.6. The van der Waals surface area contributed by atoms with Gasteiger partial charge in [-0.3, -0.25) is 9.59 Å². The monoisotopic (exact) mass is 342 g/mol. The maximum atomic E-state index is 12.4. The largest absolute Gasteiger partial charge is 0.376 e. The van der Waals surface area contributed by atoms with Crippen molar-refractivity contribution in [3.63, 3.8) is 0 Å². The molecular formula is C22H30O3. The zero-order chi connectivity index (χ0) is 18.3. The fourth-order valence-electron chi connectivity index (χ4n) is 3.09. The molecule has 0 aromatic heterocycles. The fraction of sp³-hybridized carbons (Fsp3) is 0.545. The molecule has 1 saturated carbocycles. The molecule has 0 heterocycles. The highest BCUT2D eigenvalue weighted by atomic mass is 16.5. The number of ketones is 2. The SMILES string of the molecule is CC(C)(C)C(=O)C/C(=C/CCOCc1ccccc1)C1CCCC1=O. The number of ether oxygens (including phenoxy) is 1. The highest BCUT2D eigenvalue weighted by Crippen LogP contribution is 2.32. The molecule has 0 bridgehead atoms. The molecule has 0 radical (unpaired) electrons. The second-order valence-corrected chi connectivity index (χ2v) is 7.87. The van der Waals surface area contributed by atoms with Gasteiger partial charge in [0, 0.05) is 24.2 Å². The molecular weight excluding hydrogens is 312 g/mol. The van der Waals surface area contributed by atoms with Crippen molar-refractivity contribution in [2.75, 3.05) is 6.61 Å². The van der Waals surface area contributed by atoms with Crippen LogP contribution in [0.4, 0.5) is 0 Å². The van der Waals surface area contributed by atoms with Crippen LogP contribution in [0.15, 0.2) is 42.0 Å². The van der Waals surface area contributed by atoms with Crippen molar-refractivity contribution in [1.29, 1.82) is 0 Å². The van der Waals surface area contributed by atoms with E-state index >= 15 is 0 Å². The number of hydrogen-bond donors (Lipinski definition) is 0. The molecule has 3 nitrogen and oxygen atoms in total. The van der Waals surface area contributed by atoms with Crippen molar-refractivity contribution >= 4 is 11.6 Å². The molecule has 136 valence electrons. The lowest BCUT2D eigenvalue weighted by Gasteiger charge is -2.20. The van der Waals surface area contributed by atoms with Gasteiger partial charge in [0.15, 0.2) is 0 Å². The van der Waals surface area contributed by atoms with Crippen LogP contribution in [-0.4, -0.2) is 18.2 Å². The minimum Gasteiger partial charge on any atom is -0.376 e. The first-order chi connectivity index (χ1) is 11.9. The molecule has 25 heavy (non-hydrogen) atoms. The van der Waals surface area contributed by atoms with Crippen molar-refractivity contribution in [1.82, 2.24) is 0 Å². The normalized spacial score (nSPS) is 18.6.